The zero-order valence-corrected chi connectivity index (χ0v) is 19.9. The van der Waals surface area contributed by atoms with Crippen molar-refractivity contribution in [1.29, 1.82) is 0 Å². The fourth-order valence-electron chi connectivity index (χ4n) is 3.71. The minimum atomic E-state index is -0.809. The van der Waals surface area contributed by atoms with Crippen molar-refractivity contribution >= 4 is 57.1 Å². The SMILES string of the molecule is Cc1ccc(N2C(=O)NC(=O)/C(=C/c3cc(C)n(-c4cccc(Br)c4)c3C)C2=O)cc1Cl. The van der Waals surface area contributed by atoms with Crippen LogP contribution in [0.1, 0.15) is 22.5 Å². The molecule has 0 spiro atoms. The van der Waals surface area contributed by atoms with Gasteiger partial charge in [0.1, 0.15) is 5.57 Å². The zero-order valence-electron chi connectivity index (χ0n) is 17.6. The second-order valence-corrected chi connectivity index (χ2v) is 8.86. The first-order chi connectivity index (χ1) is 15.2. The Bertz CT molecular complexity index is 1330. The first-order valence-corrected chi connectivity index (χ1v) is 11.0. The molecule has 6 nitrogen and oxygen atoms in total. The minimum Gasteiger partial charge on any atom is -0.318 e. The van der Waals surface area contributed by atoms with E-state index in [1.807, 2.05) is 55.7 Å². The van der Waals surface area contributed by atoms with Gasteiger partial charge in [-0.2, -0.15) is 0 Å². The van der Waals surface area contributed by atoms with E-state index in [2.05, 4.69) is 21.2 Å². The number of halogens is 2. The molecule has 1 aromatic heterocycles. The summed E-state index contributed by atoms with van der Waals surface area (Å²) in [6.07, 6.45) is 1.52. The monoisotopic (exact) mass is 511 g/mol. The molecule has 162 valence electrons. The third-order valence-corrected chi connectivity index (χ3v) is 6.25. The molecular formula is C24H19BrClN3O3. The first kappa shape index (κ1) is 22.0. The summed E-state index contributed by atoms with van der Waals surface area (Å²) in [6.45, 7) is 5.68. The van der Waals surface area contributed by atoms with E-state index >= 15 is 0 Å². The Labute approximate surface area is 198 Å². The van der Waals surface area contributed by atoms with E-state index in [9.17, 15) is 14.4 Å². The molecule has 4 rings (SSSR count). The number of imide groups is 2. The van der Waals surface area contributed by atoms with Crippen LogP contribution in [-0.2, 0) is 9.59 Å². The fourth-order valence-corrected chi connectivity index (χ4v) is 4.28. The average molecular weight is 513 g/mol. The van der Waals surface area contributed by atoms with E-state index in [4.69, 9.17) is 11.6 Å². The average Bonchev–Trinajstić information content (AvgIpc) is 3.00. The van der Waals surface area contributed by atoms with Crippen LogP contribution in [0.3, 0.4) is 0 Å². The van der Waals surface area contributed by atoms with Gasteiger partial charge in [0, 0.05) is 26.6 Å². The number of rotatable bonds is 3. The topological polar surface area (TPSA) is 71.4 Å². The summed E-state index contributed by atoms with van der Waals surface area (Å²) in [5.41, 5.74) is 4.43. The molecule has 1 fully saturated rings. The number of carbonyl (C=O) groups is 3. The number of anilines is 1. The highest BCUT2D eigenvalue weighted by Crippen LogP contribution is 2.28. The lowest BCUT2D eigenvalue weighted by molar-refractivity contribution is -0.122. The summed E-state index contributed by atoms with van der Waals surface area (Å²) < 4.78 is 2.97. The molecule has 0 unspecified atom stereocenters. The van der Waals surface area contributed by atoms with Gasteiger partial charge in [0.25, 0.3) is 11.8 Å². The highest BCUT2D eigenvalue weighted by molar-refractivity contribution is 9.10. The largest absolute Gasteiger partial charge is 0.335 e. The van der Waals surface area contributed by atoms with Crippen LogP contribution >= 0.6 is 27.5 Å². The molecule has 0 saturated carbocycles. The van der Waals surface area contributed by atoms with Gasteiger partial charge in [0.15, 0.2) is 0 Å². The fraction of sp³-hybridized carbons (Fsp3) is 0.125. The Morgan fingerprint density at radius 3 is 2.41 bits per heavy atom. The molecular weight excluding hydrogens is 494 g/mol. The molecule has 3 aromatic rings. The second kappa shape index (κ2) is 8.41. The number of aromatic nitrogens is 1. The number of carbonyl (C=O) groups excluding carboxylic acids is 3. The molecule has 1 saturated heterocycles. The van der Waals surface area contributed by atoms with Crippen LogP contribution in [0.4, 0.5) is 10.5 Å². The van der Waals surface area contributed by atoms with Crippen molar-refractivity contribution in [3.8, 4) is 5.69 Å². The maximum absolute atomic E-state index is 13.2. The van der Waals surface area contributed by atoms with E-state index in [-0.39, 0.29) is 5.57 Å². The first-order valence-electron chi connectivity index (χ1n) is 9.80. The summed E-state index contributed by atoms with van der Waals surface area (Å²) >= 11 is 9.66. The minimum absolute atomic E-state index is 0.129. The number of hydrogen-bond donors (Lipinski definition) is 1. The van der Waals surface area contributed by atoms with E-state index in [0.717, 1.165) is 32.0 Å². The molecule has 2 aromatic carbocycles. The molecule has 1 aliphatic heterocycles. The Kier molecular flexibility index (Phi) is 5.79. The maximum Gasteiger partial charge on any atom is 0.335 e. The van der Waals surface area contributed by atoms with Crippen molar-refractivity contribution in [1.82, 2.24) is 9.88 Å². The molecule has 8 heteroatoms. The van der Waals surface area contributed by atoms with E-state index in [1.54, 1.807) is 12.1 Å². The van der Waals surface area contributed by atoms with Gasteiger partial charge in [-0.1, -0.05) is 39.7 Å². The molecule has 0 radical (unpaired) electrons. The molecule has 32 heavy (non-hydrogen) atoms. The van der Waals surface area contributed by atoms with E-state index in [1.165, 1.54) is 12.1 Å². The Morgan fingerprint density at radius 2 is 1.72 bits per heavy atom. The van der Waals surface area contributed by atoms with Crippen LogP contribution in [-0.4, -0.2) is 22.4 Å². The van der Waals surface area contributed by atoms with Gasteiger partial charge >= 0.3 is 6.03 Å². The second-order valence-electron chi connectivity index (χ2n) is 7.53. The lowest BCUT2D eigenvalue weighted by Crippen LogP contribution is -2.54. The quantitative estimate of drug-likeness (QED) is 0.373. The van der Waals surface area contributed by atoms with Gasteiger partial charge in [0.05, 0.1) is 5.69 Å². The molecule has 0 atom stereocenters. The van der Waals surface area contributed by atoms with Gasteiger partial charge in [0.2, 0.25) is 0 Å². The number of amides is 4. The maximum atomic E-state index is 13.2. The molecule has 0 bridgehead atoms. The van der Waals surface area contributed by atoms with E-state index < -0.39 is 17.8 Å². The lowest BCUT2D eigenvalue weighted by Gasteiger charge is -2.26. The van der Waals surface area contributed by atoms with Crippen LogP contribution in [0.25, 0.3) is 11.8 Å². The summed E-state index contributed by atoms with van der Waals surface area (Å²) in [6, 6.07) is 13.8. The predicted octanol–water partition coefficient (Wildman–Crippen LogP) is 5.48. The number of urea groups is 1. The summed E-state index contributed by atoms with van der Waals surface area (Å²) in [5, 5.41) is 2.67. The van der Waals surface area contributed by atoms with Crippen molar-refractivity contribution in [2.75, 3.05) is 4.90 Å². The van der Waals surface area contributed by atoms with Crippen molar-refractivity contribution in [2.24, 2.45) is 0 Å². The van der Waals surface area contributed by atoms with Gasteiger partial charge in [-0.05, 0) is 74.4 Å². The smallest absolute Gasteiger partial charge is 0.318 e. The Morgan fingerprint density at radius 1 is 0.969 bits per heavy atom. The summed E-state index contributed by atoms with van der Waals surface area (Å²) in [5.74, 6) is -1.44. The third-order valence-electron chi connectivity index (χ3n) is 5.35. The van der Waals surface area contributed by atoms with Crippen LogP contribution in [0.5, 0.6) is 0 Å². The summed E-state index contributed by atoms with van der Waals surface area (Å²) in [4.78, 5) is 39.1. The van der Waals surface area contributed by atoms with Crippen LogP contribution in [0.15, 0.2) is 58.6 Å². The predicted molar refractivity (Wildman–Crippen MR) is 128 cm³/mol. The Balaban J connectivity index is 1.77. The molecule has 1 aliphatic rings. The Hall–Kier alpha value is -3.16. The lowest BCUT2D eigenvalue weighted by atomic mass is 10.1. The number of nitrogens with one attached hydrogen (secondary N) is 1. The summed E-state index contributed by atoms with van der Waals surface area (Å²) in [7, 11) is 0. The molecule has 4 amide bonds. The highest BCUT2D eigenvalue weighted by atomic mass is 79.9. The number of barbiturate groups is 1. The highest BCUT2D eigenvalue weighted by Gasteiger charge is 2.37. The van der Waals surface area contributed by atoms with Crippen LogP contribution < -0.4 is 10.2 Å². The number of nitrogens with zero attached hydrogens (tertiary/aromatic N) is 2. The van der Waals surface area contributed by atoms with Crippen molar-refractivity contribution in [3.63, 3.8) is 0 Å². The standard InChI is InChI=1S/C24H19BrClN3O3/c1-13-7-8-19(12-21(13)26)29-23(31)20(22(30)27-24(29)32)10-16-9-14(2)28(15(16)3)18-6-4-5-17(25)11-18/h4-12H,1-3H3,(H,27,30,32)/b20-10-. The van der Waals surface area contributed by atoms with Crippen molar-refractivity contribution < 1.29 is 14.4 Å². The molecule has 0 aliphatic carbocycles. The number of hydrogen-bond acceptors (Lipinski definition) is 3. The van der Waals surface area contributed by atoms with Gasteiger partial charge in [-0.15, -0.1) is 0 Å². The van der Waals surface area contributed by atoms with Crippen molar-refractivity contribution in [3.05, 3.63) is 86.1 Å². The third kappa shape index (κ3) is 3.89. The van der Waals surface area contributed by atoms with E-state index in [0.29, 0.717) is 16.3 Å². The van der Waals surface area contributed by atoms with Gasteiger partial charge in [-0.25, -0.2) is 9.69 Å². The van der Waals surface area contributed by atoms with Crippen LogP contribution in [0, 0.1) is 20.8 Å². The number of aryl methyl sites for hydroxylation is 2. The van der Waals surface area contributed by atoms with Gasteiger partial charge in [-0.3, -0.25) is 14.9 Å². The number of benzene rings is 2. The zero-order chi connectivity index (χ0) is 23.2. The molecule has 2 heterocycles. The van der Waals surface area contributed by atoms with Gasteiger partial charge < -0.3 is 4.57 Å². The normalized spacial score (nSPS) is 15.5. The van der Waals surface area contributed by atoms with Crippen molar-refractivity contribution in [2.45, 2.75) is 20.8 Å². The van der Waals surface area contributed by atoms with Crippen LogP contribution in [0.2, 0.25) is 5.02 Å². The molecule has 1 N–H and O–H groups in total.